The van der Waals surface area contributed by atoms with E-state index < -0.39 is 16.0 Å². The largest absolute Gasteiger partial charge is 0.478 e. The summed E-state index contributed by atoms with van der Waals surface area (Å²) in [5, 5.41) is 9.15. The summed E-state index contributed by atoms with van der Waals surface area (Å²) in [6, 6.07) is 2.68. The van der Waals surface area contributed by atoms with Crippen molar-refractivity contribution in [3.05, 3.63) is 28.8 Å². The van der Waals surface area contributed by atoms with Crippen LogP contribution in [0.25, 0.3) is 0 Å². The van der Waals surface area contributed by atoms with E-state index in [1.54, 1.807) is 13.8 Å². The molecule has 2 rings (SSSR count). The number of hydrogen-bond acceptors (Lipinski definition) is 4. The van der Waals surface area contributed by atoms with Gasteiger partial charge in [0.25, 0.3) is 0 Å². The van der Waals surface area contributed by atoms with Crippen molar-refractivity contribution in [3.8, 4) is 0 Å². The number of sulfonamides is 1. The molecule has 0 aliphatic heterocycles. The van der Waals surface area contributed by atoms with Crippen molar-refractivity contribution in [3.63, 3.8) is 0 Å². The van der Waals surface area contributed by atoms with Gasteiger partial charge in [-0.25, -0.2) is 17.9 Å². The molecule has 0 spiro atoms. The molecule has 0 aromatic heterocycles. The van der Waals surface area contributed by atoms with Crippen LogP contribution in [0, 0.1) is 13.8 Å². The fraction of sp³-hybridized carbons (Fsp3) is 0.533. The summed E-state index contributed by atoms with van der Waals surface area (Å²) in [5.41, 5.74) is 1.21. The number of carboxylic acid groups (broad SMARTS) is 1. The van der Waals surface area contributed by atoms with Crippen molar-refractivity contribution < 1.29 is 23.1 Å². The van der Waals surface area contributed by atoms with Crippen LogP contribution in [0.5, 0.6) is 0 Å². The van der Waals surface area contributed by atoms with E-state index in [1.165, 1.54) is 12.1 Å². The van der Waals surface area contributed by atoms with Crippen LogP contribution in [0.4, 0.5) is 0 Å². The van der Waals surface area contributed by atoms with Crippen LogP contribution in [0.1, 0.15) is 40.7 Å². The van der Waals surface area contributed by atoms with Gasteiger partial charge in [0, 0.05) is 6.54 Å². The lowest BCUT2D eigenvalue weighted by molar-refractivity contribution is 0.00578. The zero-order chi connectivity index (χ0) is 16.3. The highest BCUT2D eigenvalue weighted by atomic mass is 32.2. The van der Waals surface area contributed by atoms with Crippen LogP contribution >= 0.6 is 0 Å². The van der Waals surface area contributed by atoms with Gasteiger partial charge < -0.3 is 9.84 Å². The first-order chi connectivity index (χ1) is 10.3. The van der Waals surface area contributed by atoms with Gasteiger partial charge in [-0.15, -0.1) is 0 Å². The van der Waals surface area contributed by atoms with E-state index in [4.69, 9.17) is 9.84 Å². The van der Waals surface area contributed by atoms with Crippen LogP contribution < -0.4 is 4.72 Å². The summed E-state index contributed by atoms with van der Waals surface area (Å²) >= 11 is 0. The molecule has 2 N–H and O–H groups in total. The molecule has 0 amide bonds. The van der Waals surface area contributed by atoms with E-state index in [0.717, 1.165) is 19.3 Å². The smallest absolute Gasteiger partial charge is 0.336 e. The zero-order valence-corrected chi connectivity index (χ0v) is 13.6. The third-order valence-corrected chi connectivity index (χ3v) is 5.42. The zero-order valence-electron chi connectivity index (χ0n) is 12.8. The fourth-order valence-corrected chi connectivity index (χ4v) is 3.35. The van der Waals surface area contributed by atoms with E-state index in [0.29, 0.717) is 17.7 Å². The third-order valence-electron chi connectivity index (χ3n) is 3.98. The van der Waals surface area contributed by atoms with E-state index in [1.807, 2.05) is 0 Å². The van der Waals surface area contributed by atoms with Crippen molar-refractivity contribution >= 4 is 16.0 Å². The number of rotatable bonds is 7. The molecule has 1 saturated carbocycles. The summed E-state index contributed by atoms with van der Waals surface area (Å²) in [5.74, 6) is -1.13. The van der Waals surface area contributed by atoms with E-state index in [-0.39, 0.29) is 23.1 Å². The van der Waals surface area contributed by atoms with Gasteiger partial charge in [0.05, 0.1) is 23.2 Å². The number of aromatic carboxylic acids is 1. The Balaban J connectivity index is 2.06. The van der Waals surface area contributed by atoms with Crippen molar-refractivity contribution in [2.45, 2.75) is 44.1 Å². The molecule has 0 radical (unpaired) electrons. The molecule has 1 aliphatic carbocycles. The lowest BCUT2D eigenvalue weighted by Gasteiger charge is -2.25. The lowest BCUT2D eigenvalue weighted by atomic mass is 9.96. The first kappa shape index (κ1) is 16.9. The average molecular weight is 327 g/mol. The quantitative estimate of drug-likeness (QED) is 0.746. The highest BCUT2D eigenvalue weighted by molar-refractivity contribution is 7.89. The number of nitrogens with one attached hydrogen (secondary N) is 1. The second-order valence-corrected chi connectivity index (χ2v) is 7.31. The molecule has 1 aromatic rings. The molecule has 1 aliphatic rings. The number of carbonyl (C=O) groups is 1. The average Bonchev–Trinajstić information content (AvgIpc) is 2.38. The van der Waals surface area contributed by atoms with Crippen LogP contribution in [0.15, 0.2) is 17.0 Å². The molecule has 7 heteroatoms. The molecule has 0 bridgehead atoms. The van der Waals surface area contributed by atoms with E-state index in [9.17, 15) is 13.2 Å². The predicted molar refractivity (Wildman–Crippen MR) is 81.7 cm³/mol. The number of benzene rings is 1. The molecule has 0 heterocycles. The molecule has 22 heavy (non-hydrogen) atoms. The van der Waals surface area contributed by atoms with Crippen LogP contribution in [-0.4, -0.2) is 38.7 Å². The summed E-state index contributed by atoms with van der Waals surface area (Å²) in [6.45, 7) is 3.85. The monoisotopic (exact) mass is 327 g/mol. The highest BCUT2D eigenvalue weighted by Crippen LogP contribution is 2.22. The van der Waals surface area contributed by atoms with E-state index in [2.05, 4.69) is 4.72 Å². The molecule has 0 atom stereocenters. The summed E-state index contributed by atoms with van der Waals surface area (Å²) in [6.07, 6.45) is 3.49. The Morgan fingerprint density at radius 2 is 2.05 bits per heavy atom. The lowest BCUT2D eigenvalue weighted by Crippen LogP contribution is -2.31. The Morgan fingerprint density at radius 3 is 2.59 bits per heavy atom. The molecule has 1 aromatic carbocycles. The van der Waals surface area contributed by atoms with Gasteiger partial charge in [-0.05, 0) is 56.4 Å². The molecular weight excluding hydrogens is 306 g/mol. The Labute approximate surface area is 130 Å². The molecule has 122 valence electrons. The SMILES string of the molecule is Cc1cc(S(=O)(=O)NCCOC2CCC2)cc(C(=O)O)c1C. The van der Waals surface area contributed by atoms with Crippen molar-refractivity contribution in [2.24, 2.45) is 0 Å². The van der Waals surface area contributed by atoms with Crippen molar-refractivity contribution in [2.75, 3.05) is 13.2 Å². The first-order valence-electron chi connectivity index (χ1n) is 7.27. The highest BCUT2D eigenvalue weighted by Gasteiger charge is 2.20. The summed E-state index contributed by atoms with van der Waals surface area (Å²) < 4.78 is 32.4. The van der Waals surface area contributed by atoms with Gasteiger partial charge in [-0.1, -0.05) is 0 Å². The molecule has 6 nitrogen and oxygen atoms in total. The number of carboxylic acids is 1. The van der Waals surface area contributed by atoms with Gasteiger partial charge in [0.1, 0.15) is 0 Å². The molecule has 0 unspecified atom stereocenters. The second-order valence-electron chi connectivity index (χ2n) is 5.54. The summed E-state index contributed by atoms with van der Waals surface area (Å²) in [4.78, 5) is 11.2. The standard InChI is InChI=1S/C15H21NO5S/c1-10-8-13(9-14(11(10)2)15(17)18)22(19,20)16-6-7-21-12-4-3-5-12/h8-9,12,16H,3-7H2,1-2H3,(H,17,18). The van der Waals surface area contributed by atoms with E-state index >= 15 is 0 Å². The number of hydrogen-bond donors (Lipinski definition) is 2. The Kier molecular flexibility index (Phi) is 5.20. The second kappa shape index (κ2) is 6.76. The van der Waals surface area contributed by atoms with Crippen LogP contribution in [0.3, 0.4) is 0 Å². The number of ether oxygens (including phenoxy) is 1. The van der Waals surface area contributed by atoms with Crippen molar-refractivity contribution in [1.82, 2.24) is 4.72 Å². The predicted octanol–water partition coefficient (Wildman–Crippen LogP) is 1.85. The molecular formula is C15H21NO5S. The van der Waals surface area contributed by atoms with Gasteiger partial charge in [-0.3, -0.25) is 0 Å². The molecule has 0 saturated heterocycles. The van der Waals surface area contributed by atoms with Crippen LogP contribution in [0.2, 0.25) is 0 Å². The minimum atomic E-state index is -3.74. The first-order valence-corrected chi connectivity index (χ1v) is 8.75. The Morgan fingerprint density at radius 1 is 1.36 bits per heavy atom. The molecule has 1 fully saturated rings. The minimum absolute atomic E-state index is 0.00564. The Bertz CT molecular complexity index is 665. The Hall–Kier alpha value is -1.44. The maximum absolute atomic E-state index is 12.2. The summed E-state index contributed by atoms with van der Waals surface area (Å²) in [7, 11) is -3.74. The van der Waals surface area contributed by atoms with Gasteiger partial charge in [-0.2, -0.15) is 0 Å². The topological polar surface area (TPSA) is 92.7 Å². The third kappa shape index (κ3) is 3.85. The maximum atomic E-state index is 12.2. The van der Waals surface area contributed by atoms with Gasteiger partial charge in [0.2, 0.25) is 10.0 Å². The fourth-order valence-electron chi connectivity index (χ4n) is 2.23. The van der Waals surface area contributed by atoms with Crippen molar-refractivity contribution in [1.29, 1.82) is 0 Å². The van der Waals surface area contributed by atoms with Gasteiger partial charge in [0.15, 0.2) is 0 Å². The normalized spacial score (nSPS) is 15.5. The number of aryl methyl sites for hydroxylation is 1. The van der Waals surface area contributed by atoms with Gasteiger partial charge >= 0.3 is 5.97 Å². The minimum Gasteiger partial charge on any atom is -0.478 e. The van der Waals surface area contributed by atoms with Crippen LogP contribution in [-0.2, 0) is 14.8 Å². The maximum Gasteiger partial charge on any atom is 0.336 e.